The highest BCUT2D eigenvalue weighted by Crippen LogP contribution is 2.35. The van der Waals surface area contributed by atoms with Crippen LogP contribution in [0.5, 0.6) is 5.75 Å². The molecule has 0 saturated heterocycles. The van der Waals surface area contributed by atoms with Crippen LogP contribution in [0.25, 0.3) is 11.5 Å². The van der Waals surface area contributed by atoms with Gasteiger partial charge in [0.15, 0.2) is 0 Å². The molecule has 0 bridgehead atoms. The SMILES string of the molecule is Cc1noc(-c2ccc(O[C@H]3CCC[C@H](C(=O)O)C3)cn2)c1NC(=O)OC(C)C1CC1. The van der Waals surface area contributed by atoms with Crippen molar-refractivity contribution in [2.45, 2.75) is 64.6 Å². The molecule has 2 heterocycles. The standard InChI is InChI=1S/C22H27N3O6/c1-12-19(24-22(28)29-13(2)14-6-7-14)20(31-25-12)18-9-8-17(11-23-18)30-16-5-3-4-15(10-16)21(26)27/h8-9,11,13-16H,3-7,10H2,1-2H3,(H,24,28)(H,26,27)/t13?,15-,16-/m0/s1. The first-order valence-corrected chi connectivity index (χ1v) is 10.7. The molecule has 2 aliphatic rings. The normalized spacial score (nSPS) is 21.9. The summed E-state index contributed by atoms with van der Waals surface area (Å²) in [6, 6.07) is 3.47. The molecule has 2 saturated carbocycles. The van der Waals surface area contributed by atoms with Gasteiger partial charge < -0.3 is 19.1 Å². The lowest BCUT2D eigenvalue weighted by Gasteiger charge is -2.27. The van der Waals surface area contributed by atoms with Crippen LogP contribution in [0, 0.1) is 18.8 Å². The second-order valence-corrected chi connectivity index (χ2v) is 8.37. The van der Waals surface area contributed by atoms with Gasteiger partial charge >= 0.3 is 12.1 Å². The van der Waals surface area contributed by atoms with Gasteiger partial charge in [-0.3, -0.25) is 10.1 Å². The average molecular weight is 429 g/mol. The monoisotopic (exact) mass is 429 g/mol. The van der Waals surface area contributed by atoms with Gasteiger partial charge in [-0.1, -0.05) is 5.16 Å². The number of amides is 1. The second kappa shape index (κ2) is 8.95. The van der Waals surface area contributed by atoms with E-state index in [0.29, 0.717) is 47.3 Å². The topological polar surface area (TPSA) is 124 Å². The zero-order valence-corrected chi connectivity index (χ0v) is 17.7. The Balaban J connectivity index is 1.41. The average Bonchev–Trinajstić information content (AvgIpc) is 3.54. The number of nitrogens with one attached hydrogen (secondary N) is 1. The van der Waals surface area contributed by atoms with Crippen LogP contribution >= 0.6 is 0 Å². The molecule has 166 valence electrons. The van der Waals surface area contributed by atoms with E-state index in [9.17, 15) is 14.7 Å². The molecule has 2 aromatic heterocycles. The van der Waals surface area contributed by atoms with Crippen LogP contribution < -0.4 is 10.1 Å². The molecule has 9 nitrogen and oxygen atoms in total. The van der Waals surface area contributed by atoms with Crippen LogP contribution in [0.4, 0.5) is 10.5 Å². The molecule has 0 aliphatic heterocycles. The Morgan fingerprint density at radius 1 is 1.26 bits per heavy atom. The van der Waals surface area contributed by atoms with Gasteiger partial charge in [-0.2, -0.15) is 0 Å². The molecule has 2 N–H and O–H groups in total. The van der Waals surface area contributed by atoms with E-state index < -0.39 is 12.1 Å². The number of pyridine rings is 1. The number of nitrogens with zero attached hydrogens (tertiary/aromatic N) is 2. The number of aromatic nitrogens is 2. The zero-order valence-electron chi connectivity index (χ0n) is 17.7. The smallest absolute Gasteiger partial charge is 0.412 e. The van der Waals surface area contributed by atoms with Crippen LogP contribution in [0.1, 0.15) is 51.1 Å². The number of carbonyl (C=O) groups excluding carboxylic acids is 1. The fraction of sp³-hybridized carbons (Fsp3) is 0.545. The number of ether oxygens (including phenoxy) is 2. The summed E-state index contributed by atoms with van der Waals surface area (Å²) in [7, 11) is 0. The molecule has 2 fully saturated rings. The number of carboxylic acids is 1. The van der Waals surface area contributed by atoms with Gasteiger partial charge in [-0.25, -0.2) is 9.78 Å². The van der Waals surface area contributed by atoms with Gasteiger partial charge in [-0.05, 0) is 70.4 Å². The first kappa shape index (κ1) is 21.1. The third-order valence-corrected chi connectivity index (χ3v) is 5.92. The highest BCUT2D eigenvalue weighted by atomic mass is 16.6. The first-order valence-electron chi connectivity index (χ1n) is 10.7. The number of aryl methyl sites for hydroxylation is 1. The van der Waals surface area contributed by atoms with Gasteiger partial charge in [0.2, 0.25) is 5.76 Å². The summed E-state index contributed by atoms with van der Waals surface area (Å²) >= 11 is 0. The Labute approximate surface area is 180 Å². The number of carboxylic acid groups (broad SMARTS) is 1. The van der Waals surface area contributed by atoms with Crippen molar-refractivity contribution in [1.82, 2.24) is 10.1 Å². The highest BCUT2D eigenvalue weighted by Gasteiger charge is 2.31. The zero-order chi connectivity index (χ0) is 22.0. The number of rotatable bonds is 7. The lowest BCUT2D eigenvalue weighted by Crippen LogP contribution is -2.29. The molecule has 2 aliphatic carbocycles. The van der Waals surface area contributed by atoms with E-state index in [1.54, 1.807) is 25.3 Å². The van der Waals surface area contributed by atoms with E-state index in [2.05, 4.69) is 15.5 Å². The van der Waals surface area contributed by atoms with Gasteiger partial charge in [0.25, 0.3) is 0 Å². The van der Waals surface area contributed by atoms with E-state index in [1.165, 1.54) is 0 Å². The molecule has 1 amide bonds. The van der Waals surface area contributed by atoms with Crippen molar-refractivity contribution in [1.29, 1.82) is 0 Å². The fourth-order valence-corrected chi connectivity index (χ4v) is 3.91. The third-order valence-electron chi connectivity index (χ3n) is 5.92. The summed E-state index contributed by atoms with van der Waals surface area (Å²) in [4.78, 5) is 27.9. The van der Waals surface area contributed by atoms with Crippen LogP contribution in [0.15, 0.2) is 22.9 Å². The number of hydrogen-bond acceptors (Lipinski definition) is 7. The predicted octanol–water partition coefficient (Wildman–Crippen LogP) is 4.41. The minimum absolute atomic E-state index is 0.126. The Hall–Kier alpha value is -3.10. The number of hydrogen-bond donors (Lipinski definition) is 2. The van der Waals surface area contributed by atoms with E-state index >= 15 is 0 Å². The fourth-order valence-electron chi connectivity index (χ4n) is 3.91. The highest BCUT2D eigenvalue weighted by molar-refractivity contribution is 5.90. The molecular weight excluding hydrogens is 402 g/mol. The maximum atomic E-state index is 12.3. The molecule has 31 heavy (non-hydrogen) atoms. The Bertz CT molecular complexity index is 937. The minimum atomic E-state index is -0.771. The van der Waals surface area contributed by atoms with Crippen LogP contribution in [0.2, 0.25) is 0 Å². The van der Waals surface area contributed by atoms with Crippen LogP contribution in [-0.4, -0.2) is 39.5 Å². The van der Waals surface area contributed by atoms with Crippen molar-refractivity contribution < 1.29 is 28.7 Å². The summed E-state index contributed by atoms with van der Waals surface area (Å²) < 4.78 is 16.7. The summed E-state index contributed by atoms with van der Waals surface area (Å²) in [6.07, 6.45) is 5.76. The lowest BCUT2D eigenvalue weighted by molar-refractivity contribution is -0.143. The Morgan fingerprint density at radius 2 is 2.06 bits per heavy atom. The molecule has 9 heteroatoms. The summed E-state index contributed by atoms with van der Waals surface area (Å²) in [5, 5.41) is 15.9. The minimum Gasteiger partial charge on any atom is -0.489 e. The van der Waals surface area contributed by atoms with Crippen molar-refractivity contribution in [3.8, 4) is 17.2 Å². The van der Waals surface area contributed by atoms with Crippen molar-refractivity contribution in [2.75, 3.05) is 5.32 Å². The third kappa shape index (κ3) is 5.15. The number of carbonyl (C=O) groups is 2. The predicted molar refractivity (Wildman–Crippen MR) is 111 cm³/mol. The summed E-state index contributed by atoms with van der Waals surface area (Å²) in [5.74, 6) is 0.205. The number of aliphatic carboxylic acids is 1. The summed E-state index contributed by atoms with van der Waals surface area (Å²) in [6.45, 7) is 3.62. The molecular formula is C22H27N3O6. The van der Waals surface area contributed by atoms with Gasteiger partial charge in [-0.15, -0.1) is 0 Å². The van der Waals surface area contributed by atoms with E-state index in [0.717, 1.165) is 25.7 Å². The second-order valence-electron chi connectivity index (χ2n) is 8.37. The van der Waals surface area contributed by atoms with Crippen molar-refractivity contribution >= 4 is 17.7 Å². The van der Waals surface area contributed by atoms with E-state index in [4.69, 9.17) is 14.0 Å². The quantitative estimate of drug-likeness (QED) is 0.663. The van der Waals surface area contributed by atoms with Crippen molar-refractivity contribution in [2.24, 2.45) is 11.8 Å². The molecule has 0 spiro atoms. The molecule has 1 unspecified atom stereocenters. The molecule has 4 rings (SSSR count). The van der Waals surface area contributed by atoms with Gasteiger partial charge in [0, 0.05) is 0 Å². The van der Waals surface area contributed by atoms with Gasteiger partial charge in [0.05, 0.1) is 18.2 Å². The Kier molecular flexibility index (Phi) is 6.11. The molecule has 3 atom stereocenters. The number of anilines is 1. The van der Waals surface area contributed by atoms with Crippen LogP contribution in [-0.2, 0) is 9.53 Å². The molecule has 0 aromatic carbocycles. The largest absolute Gasteiger partial charge is 0.489 e. The van der Waals surface area contributed by atoms with Crippen LogP contribution in [0.3, 0.4) is 0 Å². The maximum Gasteiger partial charge on any atom is 0.412 e. The summed E-state index contributed by atoms with van der Waals surface area (Å²) in [5.41, 5.74) is 1.44. The van der Waals surface area contributed by atoms with Crippen molar-refractivity contribution in [3.63, 3.8) is 0 Å². The van der Waals surface area contributed by atoms with Gasteiger partial charge in [0.1, 0.15) is 28.9 Å². The maximum absolute atomic E-state index is 12.3. The van der Waals surface area contributed by atoms with Crippen molar-refractivity contribution in [3.05, 3.63) is 24.0 Å². The Morgan fingerprint density at radius 3 is 2.74 bits per heavy atom. The molecule has 0 radical (unpaired) electrons. The first-order chi connectivity index (χ1) is 14.9. The van der Waals surface area contributed by atoms with E-state index in [1.807, 2.05) is 6.92 Å². The van der Waals surface area contributed by atoms with E-state index in [-0.39, 0.29) is 18.1 Å². The molecule has 2 aromatic rings. The lowest BCUT2D eigenvalue weighted by atomic mass is 9.87.